The van der Waals surface area contributed by atoms with Crippen molar-refractivity contribution in [2.45, 2.75) is 19.9 Å². The second-order valence-electron chi connectivity index (χ2n) is 5.21. The summed E-state index contributed by atoms with van der Waals surface area (Å²) in [6, 6.07) is 17.7. The average molecular weight is 312 g/mol. The Hall–Kier alpha value is -2.33. The molecular weight excluding hydrogens is 288 g/mol. The number of nitrogens with one attached hydrogen (secondary N) is 1. The first-order chi connectivity index (χ1) is 11.3. The van der Waals surface area contributed by atoms with Crippen LogP contribution in [0, 0.1) is 0 Å². The predicted molar refractivity (Wildman–Crippen MR) is 93.8 cm³/mol. The van der Waals surface area contributed by atoms with Gasteiger partial charge in [0.05, 0.1) is 7.11 Å². The molecule has 0 fully saturated rings. The van der Waals surface area contributed by atoms with Crippen molar-refractivity contribution in [3.63, 3.8) is 0 Å². The van der Waals surface area contributed by atoms with E-state index in [0.717, 1.165) is 17.0 Å². The van der Waals surface area contributed by atoms with Crippen LogP contribution in [0.3, 0.4) is 0 Å². The molecule has 23 heavy (non-hydrogen) atoms. The van der Waals surface area contributed by atoms with Crippen LogP contribution in [0.2, 0.25) is 0 Å². The number of nitrogens with zero attached hydrogens (tertiary/aromatic N) is 1. The topological polar surface area (TPSA) is 41.6 Å². The number of rotatable bonds is 8. The van der Waals surface area contributed by atoms with Gasteiger partial charge in [0.2, 0.25) is 5.91 Å². The van der Waals surface area contributed by atoms with E-state index in [0.29, 0.717) is 26.1 Å². The van der Waals surface area contributed by atoms with Gasteiger partial charge in [0, 0.05) is 37.3 Å². The molecule has 0 bridgehead atoms. The molecule has 2 aromatic rings. The quantitative estimate of drug-likeness (QED) is 0.761. The molecule has 1 N–H and O–H groups in total. The lowest BCUT2D eigenvalue weighted by Gasteiger charge is -2.21. The Morgan fingerprint density at radius 1 is 1.09 bits per heavy atom. The molecule has 1 amide bonds. The lowest BCUT2D eigenvalue weighted by molar-refractivity contribution is -0.118. The van der Waals surface area contributed by atoms with Crippen molar-refractivity contribution in [3.05, 3.63) is 60.2 Å². The van der Waals surface area contributed by atoms with Crippen molar-refractivity contribution >= 4 is 11.6 Å². The highest BCUT2D eigenvalue weighted by molar-refractivity contribution is 5.93. The first-order valence-electron chi connectivity index (χ1n) is 7.94. The van der Waals surface area contributed by atoms with Gasteiger partial charge in [-0.25, -0.2) is 0 Å². The number of anilines is 1. The molecule has 0 aliphatic carbocycles. The van der Waals surface area contributed by atoms with Gasteiger partial charge in [0.15, 0.2) is 0 Å². The van der Waals surface area contributed by atoms with E-state index in [1.807, 2.05) is 66.4 Å². The van der Waals surface area contributed by atoms with Gasteiger partial charge in [-0.05, 0) is 25.1 Å². The molecule has 0 saturated heterocycles. The number of hydrogen-bond acceptors (Lipinski definition) is 3. The monoisotopic (exact) mass is 312 g/mol. The largest absolute Gasteiger partial charge is 0.496 e. The Morgan fingerprint density at radius 2 is 1.78 bits per heavy atom. The van der Waals surface area contributed by atoms with E-state index < -0.39 is 0 Å². The van der Waals surface area contributed by atoms with Gasteiger partial charge in [-0.15, -0.1) is 0 Å². The smallest absolute Gasteiger partial charge is 0.228 e. The molecule has 0 atom stereocenters. The number of benzene rings is 2. The second-order valence-corrected chi connectivity index (χ2v) is 5.21. The van der Waals surface area contributed by atoms with Crippen molar-refractivity contribution in [1.82, 2.24) is 5.32 Å². The Labute approximate surface area is 138 Å². The van der Waals surface area contributed by atoms with E-state index in [9.17, 15) is 4.79 Å². The summed E-state index contributed by atoms with van der Waals surface area (Å²) in [5, 5.41) is 3.31. The zero-order chi connectivity index (χ0) is 16.5. The van der Waals surface area contributed by atoms with Crippen LogP contribution in [0.15, 0.2) is 54.6 Å². The second kappa shape index (κ2) is 8.96. The average Bonchev–Trinajstić information content (AvgIpc) is 2.60. The highest BCUT2D eigenvalue weighted by Gasteiger charge is 2.12. The molecule has 2 rings (SSSR count). The van der Waals surface area contributed by atoms with Crippen molar-refractivity contribution in [2.24, 2.45) is 0 Å². The summed E-state index contributed by atoms with van der Waals surface area (Å²) in [6.45, 7) is 4.00. The van der Waals surface area contributed by atoms with Gasteiger partial charge in [0.1, 0.15) is 5.75 Å². The van der Waals surface area contributed by atoms with Crippen molar-refractivity contribution in [1.29, 1.82) is 0 Å². The van der Waals surface area contributed by atoms with Crippen LogP contribution in [-0.2, 0) is 11.3 Å². The highest BCUT2D eigenvalue weighted by Crippen LogP contribution is 2.17. The molecule has 122 valence electrons. The predicted octanol–water partition coefficient (Wildman–Crippen LogP) is 3.23. The number of amides is 1. The van der Waals surface area contributed by atoms with Gasteiger partial charge in [-0.3, -0.25) is 4.79 Å². The van der Waals surface area contributed by atoms with E-state index in [2.05, 4.69) is 5.32 Å². The van der Waals surface area contributed by atoms with Crippen molar-refractivity contribution in [3.8, 4) is 5.75 Å². The summed E-state index contributed by atoms with van der Waals surface area (Å²) in [5.41, 5.74) is 2.04. The third-order valence-corrected chi connectivity index (χ3v) is 3.71. The van der Waals surface area contributed by atoms with E-state index in [4.69, 9.17) is 4.74 Å². The Balaban J connectivity index is 1.82. The van der Waals surface area contributed by atoms with E-state index in [-0.39, 0.29) is 5.91 Å². The standard InChI is InChI=1S/C19H24N2O2/c1-3-21(17-10-5-4-6-11-17)19(22)13-14-20-15-16-9-7-8-12-18(16)23-2/h4-12,20H,3,13-15H2,1-2H3. The van der Waals surface area contributed by atoms with Gasteiger partial charge >= 0.3 is 0 Å². The lowest BCUT2D eigenvalue weighted by atomic mass is 10.2. The number of carbonyl (C=O) groups excluding carboxylic acids is 1. The van der Waals surface area contributed by atoms with Crippen LogP contribution in [0.1, 0.15) is 18.9 Å². The van der Waals surface area contributed by atoms with Crippen LogP contribution in [0.25, 0.3) is 0 Å². The van der Waals surface area contributed by atoms with E-state index >= 15 is 0 Å². The molecule has 0 aromatic heterocycles. The summed E-state index contributed by atoms with van der Waals surface area (Å²) in [5.74, 6) is 0.997. The van der Waals surface area contributed by atoms with E-state index in [1.165, 1.54) is 0 Å². The normalized spacial score (nSPS) is 10.3. The number of para-hydroxylation sites is 2. The minimum absolute atomic E-state index is 0.131. The Bertz CT molecular complexity index is 614. The minimum atomic E-state index is 0.131. The minimum Gasteiger partial charge on any atom is -0.496 e. The van der Waals surface area contributed by atoms with Crippen LogP contribution in [0.4, 0.5) is 5.69 Å². The maximum absolute atomic E-state index is 12.4. The third kappa shape index (κ3) is 4.83. The van der Waals surface area contributed by atoms with Crippen LogP contribution in [0.5, 0.6) is 5.75 Å². The highest BCUT2D eigenvalue weighted by atomic mass is 16.5. The molecular formula is C19H24N2O2. The number of carbonyl (C=O) groups is 1. The summed E-state index contributed by atoms with van der Waals surface area (Å²) >= 11 is 0. The third-order valence-electron chi connectivity index (χ3n) is 3.71. The Kier molecular flexibility index (Phi) is 6.63. The van der Waals surface area contributed by atoms with Gasteiger partial charge in [0.25, 0.3) is 0 Å². The molecule has 0 unspecified atom stereocenters. The molecule has 0 saturated carbocycles. The maximum Gasteiger partial charge on any atom is 0.228 e. The molecule has 0 aliphatic heterocycles. The Morgan fingerprint density at radius 3 is 2.48 bits per heavy atom. The van der Waals surface area contributed by atoms with Gasteiger partial charge in [-0.1, -0.05) is 36.4 Å². The molecule has 0 aliphatic rings. The summed E-state index contributed by atoms with van der Waals surface area (Å²) in [7, 11) is 1.67. The fourth-order valence-electron chi connectivity index (χ4n) is 2.51. The summed E-state index contributed by atoms with van der Waals surface area (Å²) in [6.07, 6.45) is 0.470. The molecule has 4 nitrogen and oxygen atoms in total. The fourth-order valence-corrected chi connectivity index (χ4v) is 2.51. The van der Waals surface area contributed by atoms with Gasteiger partial charge < -0.3 is 15.0 Å². The molecule has 0 heterocycles. The lowest BCUT2D eigenvalue weighted by Crippen LogP contribution is -2.33. The van der Waals surface area contributed by atoms with Crippen LogP contribution in [-0.4, -0.2) is 26.1 Å². The molecule has 2 aromatic carbocycles. The SMILES string of the molecule is CCN(C(=O)CCNCc1ccccc1OC)c1ccccc1. The fraction of sp³-hybridized carbons (Fsp3) is 0.316. The zero-order valence-corrected chi connectivity index (χ0v) is 13.8. The van der Waals surface area contributed by atoms with Crippen LogP contribution >= 0.6 is 0 Å². The molecule has 4 heteroatoms. The first kappa shape index (κ1) is 17.0. The molecule has 0 spiro atoms. The van der Waals surface area contributed by atoms with Crippen molar-refractivity contribution < 1.29 is 9.53 Å². The number of methoxy groups -OCH3 is 1. The van der Waals surface area contributed by atoms with Crippen LogP contribution < -0.4 is 15.0 Å². The molecule has 0 radical (unpaired) electrons. The maximum atomic E-state index is 12.4. The summed E-state index contributed by atoms with van der Waals surface area (Å²) in [4.78, 5) is 14.2. The zero-order valence-electron chi connectivity index (χ0n) is 13.8. The number of hydrogen-bond donors (Lipinski definition) is 1. The summed E-state index contributed by atoms with van der Waals surface area (Å²) < 4.78 is 5.32. The number of ether oxygens (including phenoxy) is 1. The van der Waals surface area contributed by atoms with Crippen molar-refractivity contribution in [2.75, 3.05) is 25.1 Å². The van der Waals surface area contributed by atoms with E-state index in [1.54, 1.807) is 7.11 Å². The first-order valence-corrected chi connectivity index (χ1v) is 7.94. The van der Waals surface area contributed by atoms with Gasteiger partial charge in [-0.2, -0.15) is 0 Å².